The van der Waals surface area contributed by atoms with Crippen LogP contribution in [0.15, 0.2) is 72.8 Å². The molecule has 0 unspecified atom stereocenters. The van der Waals surface area contributed by atoms with Crippen molar-refractivity contribution in [2.45, 2.75) is 11.8 Å². The molecule has 0 aliphatic heterocycles. The molecule has 0 bridgehead atoms. The van der Waals surface area contributed by atoms with E-state index in [0.717, 1.165) is 39.5 Å². The molecule has 0 radical (unpaired) electrons. The number of phenols is 1. The standard InChI is InChI=1S/C10H10F2O3.C10H10O4.C9H8F2O3/c1-14-8-6-4-3-5-7(8)10(11,12)9(13)15-2;1-13-8-6-4-3-5-7(8)9(11)10(12)14-2;1-14-8(13)9(10,11)6-4-2-3-5-7(6)12/h3-6H,1-2H3;3-6H,1-2H3;2-5,12H,1H3. The van der Waals surface area contributed by atoms with Gasteiger partial charge in [0.05, 0.1) is 52.2 Å². The molecular formula is C29H28F4O10. The average molecular weight is 613 g/mol. The van der Waals surface area contributed by atoms with Gasteiger partial charge in [0.15, 0.2) is 0 Å². The Labute approximate surface area is 243 Å². The lowest BCUT2D eigenvalue weighted by atomic mass is 10.1. The number of esters is 3. The van der Waals surface area contributed by atoms with Gasteiger partial charge in [0.2, 0.25) is 0 Å². The lowest BCUT2D eigenvalue weighted by molar-refractivity contribution is -0.170. The van der Waals surface area contributed by atoms with E-state index in [9.17, 15) is 36.7 Å². The van der Waals surface area contributed by atoms with E-state index in [0.29, 0.717) is 5.75 Å². The monoisotopic (exact) mass is 612 g/mol. The van der Waals surface area contributed by atoms with E-state index in [1.807, 2.05) is 0 Å². The number of phenolic OH excluding ortho intramolecular Hbond substituents is 1. The summed E-state index contributed by atoms with van der Waals surface area (Å²) in [5.41, 5.74) is -1.05. The molecule has 10 nitrogen and oxygen atoms in total. The predicted molar refractivity (Wildman–Crippen MR) is 142 cm³/mol. The third-order valence-corrected chi connectivity index (χ3v) is 5.29. The van der Waals surface area contributed by atoms with E-state index in [1.165, 1.54) is 50.6 Å². The van der Waals surface area contributed by atoms with E-state index in [1.54, 1.807) is 18.2 Å². The molecule has 3 rings (SSSR count). The number of carbonyl (C=O) groups is 4. The molecule has 0 aromatic heterocycles. The van der Waals surface area contributed by atoms with Gasteiger partial charge in [-0.15, -0.1) is 0 Å². The highest BCUT2D eigenvalue weighted by Crippen LogP contribution is 2.36. The summed E-state index contributed by atoms with van der Waals surface area (Å²) in [4.78, 5) is 43.9. The van der Waals surface area contributed by atoms with Crippen LogP contribution in [0.1, 0.15) is 21.5 Å². The summed E-state index contributed by atoms with van der Waals surface area (Å²) in [5.74, 6) is -12.7. The molecule has 0 fully saturated rings. The Morgan fingerprint density at radius 2 is 1.00 bits per heavy atom. The number of hydrogen-bond acceptors (Lipinski definition) is 10. The largest absolute Gasteiger partial charge is 0.507 e. The van der Waals surface area contributed by atoms with Gasteiger partial charge in [-0.1, -0.05) is 36.4 Å². The summed E-state index contributed by atoms with van der Waals surface area (Å²) in [6.45, 7) is 0. The smallest absolute Gasteiger partial charge is 0.381 e. The Kier molecular flexibility index (Phi) is 13.6. The molecule has 14 heteroatoms. The molecule has 1 N–H and O–H groups in total. The SMILES string of the molecule is COC(=O)C(=O)c1ccccc1OC.COC(=O)C(F)(F)c1ccccc1O.COC(=O)C(F)(F)c1ccccc1OC. The van der Waals surface area contributed by atoms with Gasteiger partial charge in [-0.2, -0.15) is 17.6 Å². The van der Waals surface area contributed by atoms with Crippen molar-refractivity contribution in [3.8, 4) is 17.2 Å². The first-order valence-electron chi connectivity index (χ1n) is 11.8. The van der Waals surface area contributed by atoms with Crippen LogP contribution in [0.25, 0.3) is 0 Å². The number of halogens is 4. The van der Waals surface area contributed by atoms with Crippen molar-refractivity contribution in [1.29, 1.82) is 0 Å². The zero-order valence-electron chi connectivity index (χ0n) is 23.6. The number of hydrogen-bond donors (Lipinski definition) is 1. The molecule has 232 valence electrons. The Hall–Kier alpha value is -5.14. The lowest BCUT2D eigenvalue weighted by Crippen LogP contribution is -2.27. The number of benzene rings is 3. The van der Waals surface area contributed by atoms with Crippen molar-refractivity contribution in [1.82, 2.24) is 0 Å². The van der Waals surface area contributed by atoms with Crippen LogP contribution in [-0.2, 0) is 40.4 Å². The highest BCUT2D eigenvalue weighted by atomic mass is 19.3. The van der Waals surface area contributed by atoms with Crippen LogP contribution in [0.4, 0.5) is 17.6 Å². The first kappa shape index (κ1) is 35.9. The van der Waals surface area contributed by atoms with E-state index >= 15 is 0 Å². The molecule has 0 aliphatic rings. The minimum absolute atomic E-state index is 0.0482. The number of methoxy groups -OCH3 is 5. The quantitative estimate of drug-likeness (QED) is 0.126. The molecule has 0 aliphatic carbocycles. The van der Waals surface area contributed by atoms with Crippen LogP contribution >= 0.6 is 0 Å². The van der Waals surface area contributed by atoms with E-state index in [4.69, 9.17) is 14.6 Å². The zero-order chi connectivity index (χ0) is 32.8. The van der Waals surface area contributed by atoms with Gasteiger partial charge in [0.25, 0.3) is 5.78 Å². The summed E-state index contributed by atoms with van der Waals surface area (Å²) in [6.07, 6.45) is 0. The van der Waals surface area contributed by atoms with Crippen LogP contribution in [0, 0.1) is 0 Å². The maximum Gasteiger partial charge on any atom is 0.381 e. The number of Topliss-reactive ketones (excluding diaryl/α,β-unsaturated/α-hetero) is 1. The van der Waals surface area contributed by atoms with Gasteiger partial charge >= 0.3 is 29.8 Å². The summed E-state index contributed by atoms with van der Waals surface area (Å²) < 4.78 is 75.2. The van der Waals surface area contributed by atoms with Crippen molar-refractivity contribution in [3.05, 3.63) is 89.5 Å². The van der Waals surface area contributed by atoms with Crippen LogP contribution in [0.3, 0.4) is 0 Å². The topological polar surface area (TPSA) is 135 Å². The van der Waals surface area contributed by atoms with Crippen molar-refractivity contribution in [3.63, 3.8) is 0 Å². The molecule has 0 saturated carbocycles. The fourth-order valence-electron chi connectivity index (χ4n) is 3.15. The summed E-state index contributed by atoms with van der Waals surface area (Å²) in [5, 5.41) is 9.10. The summed E-state index contributed by atoms with van der Waals surface area (Å²) in [7, 11) is 5.62. The third kappa shape index (κ3) is 9.18. The number of ketones is 1. The average Bonchev–Trinajstić information content (AvgIpc) is 3.03. The van der Waals surface area contributed by atoms with Crippen LogP contribution in [-0.4, -0.2) is 64.3 Å². The molecular weight excluding hydrogens is 584 g/mol. The Morgan fingerprint density at radius 1 is 0.581 bits per heavy atom. The number of aromatic hydroxyl groups is 1. The van der Waals surface area contributed by atoms with Crippen molar-refractivity contribution in [2.75, 3.05) is 35.5 Å². The number of para-hydroxylation sites is 3. The van der Waals surface area contributed by atoms with Gasteiger partial charge in [-0.25, -0.2) is 14.4 Å². The molecule has 0 heterocycles. The fraction of sp³-hybridized carbons (Fsp3) is 0.241. The third-order valence-electron chi connectivity index (χ3n) is 5.29. The Bertz CT molecular complexity index is 1410. The number of carbonyl (C=O) groups excluding carboxylic acids is 4. The van der Waals surface area contributed by atoms with Crippen molar-refractivity contribution in [2.24, 2.45) is 0 Å². The molecule has 0 amide bonds. The fourth-order valence-corrected chi connectivity index (χ4v) is 3.15. The molecule has 43 heavy (non-hydrogen) atoms. The van der Waals surface area contributed by atoms with Gasteiger partial charge in [-0.05, 0) is 36.4 Å². The van der Waals surface area contributed by atoms with Crippen molar-refractivity contribution < 1.29 is 65.5 Å². The van der Waals surface area contributed by atoms with Crippen LogP contribution < -0.4 is 9.47 Å². The number of ether oxygens (including phenoxy) is 5. The molecule has 3 aromatic rings. The minimum Gasteiger partial charge on any atom is -0.507 e. The van der Waals surface area contributed by atoms with Gasteiger partial charge in [0.1, 0.15) is 17.2 Å². The molecule has 0 atom stereocenters. The maximum absolute atomic E-state index is 13.4. The first-order valence-corrected chi connectivity index (χ1v) is 11.8. The summed E-state index contributed by atoms with van der Waals surface area (Å²) in [6, 6.07) is 16.6. The van der Waals surface area contributed by atoms with E-state index < -0.39 is 52.4 Å². The number of rotatable bonds is 8. The van der Waals surface area contributed by atoms with E-state index in [2.05, 4.69) is 14.2 Å². The van der Waals surface area contributed by atoms with Crippen LogP contribution in [0.2, 0.25) is 0 Å². The minimum atomic E-state index is -3.82. The Morgan fingerprint density at radius 3 is 1.47 bits per heavy atom. The van der Waals surface area contributed by atoms with Gasteiger partial charge < -0.3 is 28.8 Å². The maximum atomic E-state index is 13.4. The van der Waals surface area contributed by atoms with Gasteiger partial charge in [0, 0.05) is 0 Å². The predicted octanol–water partition coefficient (Wildman–Crippen LogP) is 4.67. The van der Waals surface area contributed by atoms with Crippen LogP contribution in [0.5, 0.6) is 17.2 Å². The molecule has 3 aromatic carbocycles. The second-order valence-corrected chi connectivity index (χ2v) is 7.87. The summed E-state index contributed by atoms with van der Waals surface area (Å²) >= 11 is 0. The lowest BCUT2D eigenvalue weighted by Gasteiger charge is -2.16. The van der Waals surface area contributed by atoms with Gasteiger partial charge in [-0.3, -0.25) is 4.79 Å². The van der Waals surface area contributed by atoms with Crippen molar-refractivity contribution >= 4 is 23.7 Å². The Balaban J connectivity index is 0.000000323. The number of alkyl halides is 4. The first-order chi connectivity index (χ1) is 20.2. The zero-order valence-corrected chi connectivity index (χ0v) is 23.6. The molecule has 0 saturated heterocycles. The normalized spacial score (nSPS) is 10.4. The van der Waals surface area contributed by atoms with E-state index in [-0.39, 0.29) is 11.3 Å². The second kappa shape index (κ2) is 16.3. The molecule has 0 spiro atoms. The highest BCUT2D eigenvalue weighted by molar-refractivity contribution is 6.41. The second-order valence-electron chi connectivity index (χ2n) is 7.87. The highest BCUT2D eigenvalue weighted by Gasteiger charge is 2.45.